The lowest BCUT2D eigenvalue weighted by Crippen LogP contribution is -2.23. The van der Waals surface area contributed by atoms with Crippen molar-refractivity contribution >= 4 is 0 Å². The Morgan fingerprint density at radius 1 is 1.00 bits per heavy atom. The molecule has 0 aromatic rings. The average Bonchev–Trinajstić information content (AvgIpc) is 2.84. The van der Waals surface area contributed by atoms with Crippen molar-refractivity contribution in [1.82, 2.24) is 0 Å². The molecule has 1 spiro atoms. The van der Waals surface area contributed by atoms with Gasteiger partial charge in [-0.05, 0) is 67.1 Å². The highest BCUT2D eigenvalue weighted by Gasteiger charge is 2.54. The lowest BCUT2D eigenvalue weighted by molar-refractivity contribution is 0.164. The van der Waals surface area contributed by atoms with E-state index in [4.69, 9.17) is 0 Å². The van der Waals surface area contributed by atoms with Gasteiger partial charge in [0.25, 0.3) is 0 Å². The molecule has 0 nitrogen and oxygen atoms in total. The second-order valence-electron chi connectivity index (χ2n) is 8.88. The van der Waals surface area contributed by atoms with Crippen LogP contribution in [0.3, 0.4) is 0 Å². The molecule has 0 aromatic carbocycles. The molecular weight excluding hydrogens is 204 g/mol. The second-order valence-corrected chi connectivity index (χ2v) is 8.88. The van der Waals surface area contributed by atoms with Crippen molar-refractivity contribution in [3.8, 4) is 0 Å². The first-order valence-corrected chi connectivity index (χ1v) is 7.73. The van der Waals surface area contributed by atoms with Gasteiger partial charge in [-0.25, -0.2) is 0 Å². The molecule has 2 rings (SSSR count). The second kappa shape index (κ2) is 4.28. The molecule has 0 saturated heterocycles. The summed E-state index contributed by atoms with van der Waals surface area (Å²) in [5.41, 5.74) is 2.01. The highest BCUT2D eigenvalue weighted by Crippen LogP contribution is 2.65. The maximum Gasteiger partial charge on any atom is -0.0266 e. The monoisotopic (exact) mass is 236 g/mol. The van der Waals surface area contributed by atoms with Crippen molar-refractivity contribution in [2.75, 3.05) is 0 Å². The van der Waals surface area contributed by atoms with Crippen molar-refractivity contribution < 1.29 is 0 Å². The number of rotatable bonds is 3. The van der Waals surface area contributed by atoms with E-state index in [1.165, 1.54) is 44.9 Å². The van der Waals surface area contributed by atoms with Crippen LogP contribution in [0, 0.1) is 22.2 Å². The molecule has 0 aliphatic heterocycles. The Morgan fingerprint density at radius 2 is 1.59 bits per heavy atom. The van der Waals surface area contributed by atoms with Crippen LogP contribution in [0.25, 0.3) is 0 Å². The molecule has 100 valence electrons. The van der Waals surface area contributed by atoms with Crippen LogP contribution < -0.4 is 0 Å². The van der Waals surface area contributed by atoms with Gasteiger partial charge in [0.05, 0.1) is 0 Å². The van der Waals surface area contributed by atoms with Crippen LogP contribution in [0.15, 0.2) is 0 Å². The summed E-state index contributed by atoms with van der Waals surface area (Å²) < 4.78 is 0. The summed E-state index contributed by atoms with van der Waals surface area (Å²) in [6.07, 6.45) is 11.9. The van der Waals surface area contributed by atoms with E-state index in [9.17, 15) is 0 Å². The lowest BCUT2D eigenvalue weighted by atomic mass is 9.70. The zero-order valence-corrected chi connectivity index (χ0v) is 12.7. The fourth-order valence-electron chi connectivity index (χ4n) is 3.76. The fraction of sp³-hybridized carbons (Fsp3) is 1.00. The van der Waals surface area contributed by atoms with Gasteiger partial charge in [0.2, 0.25) is 0 Å². The molecule has 2 aliphatic rings. The minimum absolute atomic E-state index is 0.538. The largest absolute Gasteiger partial charge is 0.0602 e. The molecule has 0 bridgehead atoms. The van der Waals surface area contributed by atoms with Crippen molar-refractivity contribution in [3.63, 3.8) is 0 Å². The van der Waals surface area contributed by atoms with Crippen LogP contribution in [0.4, 0.5) is 0 Å². The lowest BCUT2D eigenvalue weighted by Gasteiger charge is -2.35. The molecule has 17 heavy (non-hydrogen) atoms. The first-order chi connectivity index (χ1) is 7.73. The Kier molecular flexibility index (Phi) is 3.38. The SMILES string of the molecule is CC(C)(C)CCCC1CC12CCC(C)(C)CC2. The van der Waals surface area contributed by atoms with E-state index in [-0.39, 0.29) is 0 Å². The molecule has 1 unspecified atom stereocenters. The number of hydrogen-bond acceptors (Lipinski definition) is 0. The summed E-state index contributed by atoms with van der Waals surface area (Å²) in [6, 6.07) is 0. The molecule has 1 atom stereocenters. The van der Waals surface area contributed by atoms with Crippen LogP contribution in [0.1, 0.15) is 86.0 Å². The average molecular weight is 236 g/mol. The maximum absolute atomic E-state index is 2.46. The highest BCUT2D eigenvalue weighted by molar-refractivity contribution is 5.05. The highest BCUT2D eigenvalue weighted by atomic mass is 14.6. The van der Waals surface area contributed by atoms with Crippen LogP contribution >= 0.6 is 0 Å². The zero-order valence-electron chi connectivity index (χ0n) is 12.7. The van der Waals surface area contributed by atoms with Gasteiger partial charge >= 0.3 is 0 Å². The summed E-state index contributed by atoms with van der Waals surface area (Å²) in [4.78, 5) is 0. The first kappa shape index (κ1) is 13.4. The molecule has 0 N–H and O–H groups in total. The van der Waals surface area contributed by atoms with E-state index < -0.39 is 0 Å². The molecular formula is C17H32. The van der Waals surface area contributed by atoms with Crippen molar-refractivity contribution in [3.05, 3.63) is 0 Å². The van der Waals surface area contributed by atoms with Gasteiger partial charge < -0.3 is 0 Å². The predicted molar refractivity (Wildman–Crippen MR) is 76.1 cm³/mol. The molecule has 0 amide bonds. The minimum Gasteiger partial charge on any atom is -0.0602 e. The molecule has 0 radical (unpaired) electrons. The summed E-state index contributed by atoms with van der Waals surface area (Å²) in [5.74, 6) is 1.10. The molecule has 2 aliphatic carbocycles. The van der Waals surface area contributed by atoms with Gasteiger partial charge in [0.1, 0.15) is 0 Å². The Balaban J connectivity index is 1.70. The van der Waals surface area contributed by atoms with E-state index in [1.54, 1.807) is 6.42 Å². The topological polar surface area (TPSA) is 0 Å². The molecule has 2 saturated carbocycles. The van der Waals surface area contributed by atoms with Crippen LogP contribution in [0.2, 0.25) is 0 Å². The third-order valence-corrected chi connectivity index (χ3v) is 5.44. The van der Waals surface area contributed by atoms with Gasteiger partial charge in [-0.1, -0.05) is 41.0 Å². The summed E-state index contributed by atoms with van der Waals surface area (Å²) in [7, 11) is 0. The van der Waals surface area contributed by atoms with E-state index >= 15 is 0 Å². The molecule has 0 aromatic heterocycles. The van der Waals surface area contributed by atoms with Crippen LogP contribution in [-0.2, 0) is 0 Å². The van der Waals surface area contributed by atoms with Crippen molar-refractivity contribution in [1.29, 1.82) is 0 Å². The smallest absolute Gasteiger partial charge is 0.0266 e. The van der Waals surface area contributed by atoms with E-state index in [0.29, 0.717) is 10.8 Å². The standard InChI is InChI=1S/C17H32/c1-15(2,3)8-6-7-14-13-17(14)11-9-16(4,5)10-12-17/h14H,6-13H2,1-5H3. The minimum atomic E-state index is 0.538. The third kappa shape index (κ3) is 3.48. The quantitative estimate of drug-likeness (QED) is 0.580. The Hall–Kier alpha value is 0. The predicted octanol–water partition coefficient (Wildman–Crippen LogP) is 5.81. The van der Waals surface area contributed by atoms with Gasteiger partial charge in [0, 0.05) is 0 Å². The number of hydrogen-bond donors (Lipinski definition) is 0. The van der Waals surface area contributed by atoms with Crippen LogP contribution in [0.5, 0.6) is 0 Å². The van der Waals surface area contributed by atoms with E-state index in [2.05, 4.69) is 34.6 Å². The zero-order chi connectivity index (χ0) is 12.7. The van der Waals surface area contributed by atoms with Gasteiger partial charge in [-0.15, -0.1) is 0 Å². The molecule has 0 heterocycles. The van der Waals surface area contributed by atoms with Gasteiger partial charge in [-0.3, -0.25) is 0 Å². The molecule has 2 fully saturated rings. The normalized spacial score (nSPS) is 30.5. The van der Waals surface area contributed by atoms with Crippen molar-refractivity contribution in [2.45, 2.75) is 86.0 Å². The fourth-order valence-corrected chi connectivity index (χ4v) is 3.76. The van der Waals surface area contributed by atoms with E-state index in [0.717, 1.165) is 11.3 Å². The molecule has 0 heteroatoms. The van der Waals surface area contributed by atoms with Crippen molar-refractivity contribution in [2.24, 2.45) is 22.2 Å². The summed E-state index contributed by atoms with van der Waals surface area (Å²) in [5, 5.41) is 0. The van der Waals surface area contributed by atoms with E-state index in [1.807, 2.05) is 0 Å². The Bertz CT molecular complexity index is 256. The summed E-state index contributed by atoms with van der Waals surface area (Å²) in [6.45, 7) is 12.0. The Labute approximate surface area is 109 Å². The van der Waals surface area contributed by atoms with Gasteiger partial charge in [-0.2, -0.15) is 0 Å². The Morgan fingerprint density at radius 3 is 2.12 bits per heavy atom. The third-order valence-electron chi connectivity index (χ3n) is 5.44. The summed E-state index contributed by atoms with van der Waals surface area (Å²) >= 11 is 0. The van der Waals surface area contributed by atoms with Crippen LogP contribution in [-0.4, -0.2) is 0 Å². The maximum atomic E-state index is 2.46. The van der Waals surface area contributed by atoms with Gasteiger partial charge in [0.15, 0.2) is 0 Å². The first-order valence-electron chi connectivity index (χ1n) is 7.73.